The number of carbonyl (C=O) groups is 1. The molecule has 0 radical (unpaired) electrons. The Morgan fingerprint density at radius 3 is 3.00 bits per heavy atom. The molecule has 0 aliphatic carbocycles. The number of aromatic nitrogens is 2. The summed E-state index contributed by atoms with van der Waals surface area (Å²) < 4.78 is 7.23. The van der Waals surface area contributed by atoms with Gasteiger partial charge in [0, 0.05) is 25.0 Å². The van der Waals surface area contributed by atoms with Crippen LogP contribution in [0.4, 0.5) is 0 Å². The lowest BCUT2D eigenvalue weighted by atomic mass is 10.1. The molecule has 0 N–H and O–H groups in total. The lowest BCUT2D eigenvalue weighted by Gasteiger charge is -2.27. The smallest absolute Gasteiger partial charge is 0.258 e. The molecule has 5 nitrogen and oxygen atoms in total. The standard InChI is InChI=1S/C15H16ClN3O2/c1-18-9-17-12-5-6-19(8-13(12)18)15(20)11-7-10(16)3-4-14(11)21-2/h3-4,7,9H,5-6,8H2,1-2H3. The molecule has 0 saturated heterocycles. The SMILES string of the molecule is COc1ccc(Cl)cc1C(=O)N1CCc2ncn(C)c2C1. The number of imidazole rings is 1. The number of amides is 1. The van der Waals surface area contributed by atoms with E-state index in [0.29, 0.717) is 29.4 Å². The molecule has 1 aliphatic heterocycles. The molecule has 2 heterocycles. The van der Waals surface area contributed by atoms with E-state index in [-0.39, 0.29) is 5.91 Å². The summed E-state index contributed by atoms with van der Waals surface area (Å²) in [4.78, 5) is 18.9. The van der Waals surface area contributed by atoms with Crippen molar-refractivity contribution in [1.29, 1.82) is 0 Å². The van der Waals surface area contributed by atoms with Gasteiger partial charge in [0.1, 0.15) is 5.75 Å². The minimum absolute atomic E-state index is 0.0683. The molecule has 1 aromatic heterocycles. The van der Waals surface area contributed by atoms with E-state index in [0.717, 1.165) is 17.8 Å². The number of aryl methyl sites for hydroxylation is 1. The molecule has 0 atom stereocenters. The van der Waals surface area contributed by atoms with E-state index in [1.165, 1.54) is 0 Å². The van der Waals surface area contributed by atoms with Gasteiger partial charge in [-0.1, -0.05) is 11.6 Å². The van der Waals surface area contributed by atoms with E-state index in [4.69, 9.17) is 16.3 Å². The molecule has 110 valence electrons. The van der Waals surface area contributed by atoms with Crippen molar-refractivity contribution in [3.63, 3.8) is 0 Å². The van der Waals surface area contributed by atoms with Crippen LogP contribution in [0.1, 0.15) is 21.7 Å². The van der Waals surface area contributed by atoms with Gasteiger partial charge in [-0.2, -0.15) is 0 Å². The fourth-order valence-corrected chi connectivity index (χ4v) is 2.78. The Bertz CT molecular complexity index is 696. The summed E-state index contributed by atoms with van der Waals surface area (Å²) >= 11 is 6.01. The van der Waals surface area contributed by atoms with Gasteiger partial charge >= 0.3 is 0 Å². The molecule has 0 saturated carbocycles. The van der Waals surface area contributed by atoms with Gasteiger partial charge in [0.15, 0.2) is 0 Å². The molecule has 21 heavy (non-hydrogen) atoms. The second-order valence-electron chi connectivity index (χ2n) is 5.07. The third kappa shape index (κ3) is 2.49. The van der Waals surface area contributed by atoms with Gasteiger partial charge in [0.2, 0.25) is 0 Å². The maximum absolute atomic E-state index is 12.7. The summed E-state index contributed by atoms with van der Waals surface area (Å²) in [7, 11) is 3.50. The Morgan fingerprint density at radius 1 is 1.43 bits per heavy atom. The number of nitrogens with zero attached hydrogens (tertiary/aromatic N) is 3. The zero-order valence-corrected chi connectivity index (χ0v) is 12.7. The highest BCUT2D eigenvalue weighted by Gasteiger charge is 2.26. The molecule has 3 rings (SSSR count). The first-order valence-electron chi connectivity index (χ1n) is 6.72. The number of ether oxygens (including phenoxy) is 1. The molecule has 1 aliphatic rings. The molecule has 1 aromatic carbocycles. The number of halogens is 1. The van der Waals surface area contributed by atoms with Crippen molar-refractivity contribution in [2.75, 3.05) is 13.7 Å². The van der Waals surface area contributed by atoms with Crippen LogP contribution in [-0.4, -0.2) is 34.0 Å². The zero-order chi connectivity index (χ0) is 15.0. The van der Waals surface area contributed by atoms with Gasteiger partial charge in [-0.25, -0.2) is 4.98 Å². The van der Waals surface area contributed by atoms with E-state index in [9.17, 15) is 4.79 Å². The Balaban J connectivity index is 1.90. The van der Waals surface area contributed by atoms with Crippen molar-refractivity contribution in [3.05, 3.63) is 46.5 Å². The number of carbonyl (C=O) groups excluding carboxylic acids is 1. The molecular weight excluding hydrogens is 290 g/mol. The Morgan fingerprint density at radius 2 is 2.24 bits per heavy atom. The maximum atomic E-state index is 12.7. The fourth-order valence-electron chi connectivity index (χ4n) is 2.61. The van der Waals surface area contributed by atoms with Crippen molar-refractivity contribution >= 4 is 17.5 Å². The second kappa shape index (κ2) is 5.41. The predicted octanol–water partition coefficient (Wildman–Crippen LogP) is 2.28. The van der Waals surface area contributed by atoms with Crippen LogP contribution in [0.25, 0.3) is 0 Å². The molecular formula is C15H16ClN3O2. The number of fused-ring (bicyclic) bond motifs is 1. The first-order chi connectivity index (χ1) is 10.1. The van der Waals surface area contributed by atoms with Crippen molar-refractivity contribution in [3.8, 4) is 5.75 Å². The van der Waals surface area contributed by atoms with Crippen LogP contribution in [0.5, 0.6) is 5.75 Å². The highest BCUT2D eigenvalue weighted by atomic mass is 35.5. The fraction of sp³-hybridized carbons (Fsp3) is 0.333. The lowest BCUT2D eigenvalue weighted by molar-refractivity contribution is 0.0726. The van der Waals surface area contributed by atoms with Crippen molar-refractivity contribution in [2.24, 2.45) is 7.05 Å². The quantitative estimate of drug-likeness (QED) is 0.855. The Kier molecular flexibility index (Phi) is 3.59. The monoisotopic (exact) mass is 305 g/mol. The molecule has 0 spiro atoms. The summed E-state index contributed by atoms with van der Waals surface area (Å²) in [5.41, 5.74) is 2.64. The van der Waals surface area contributed by atoms with E-state index in [2.05, 4.69) is 4.98 Å². The topological polar surface area (TPSA) is 47.4 Å². The first-order valence-corrected chi connectivity index (χ1v) is 7.10. The van der Waals surface area contributed by atoms with Crippen LogP contribution in [0.2, 0.25) is 5.02 Å². The Labute approximate surface area is 128 Å². The van der Waals surface area contributed by atoms with Crippen molar-refractivity contribution in [1.82, 2.24) is 14.5 Å². The first kappa shape index (κ1) is 13.9. The van der Waals surface area contributed by atoms with Gasteiger partial charge in [-0.15, -0.1) is 0 Å². The summed E-state index contributed by atoms with van der Waals surface area (Å²) in [5, 5.41) is 0.525. The number of methoxy groups -OCH3 is 1. The minimum Gasteiger partial charge on any atom is -0.496 e. The molecule has 0 fully saturated rings. The number of hydrogen-bond donors (Lipinski definition) is 0. The number of rotatable bonds is 2. The summed E-state index contributed by atoms with van der Waals surface area (Å²) in [6.45, 7) is 1.21. The van der Waals surface area contributed by atoms with Gasteiger partial charge in [-0.05, 0) is 18.2 Å². The second-order valence-corrected chi connectivity index (χ2v) is 5.51. The Hall–Kier alpha value is -2.01. The van der Waals surface area contributed by atoms with Crippen LogP contribution in [0.3, 0.4) is 0 Å². The van der Waals surface area contributed by atoms with E-state index in [1.807, 2.05) is 11.6 Å². The van der Waals surface area contributed by atoms with Crippen molar-refractivity contribution < 1.29 is 9.53 Å². The van der Waals surface area contributed by atoms with Crippen LogP contribution >= 0.6 is 11.6 Å². The van der Waals surface area contributed by atoms with Crippen molar-refractivity contribution in [2.45, 2.75) is 13.0 Å². The average molecular weight is 306 g/mol. The van der Waals surface area contributed by atoms with E-state index in [1.54, 1.807) is 36.5 Å². The summed E-state index contributed by atoms with van der Waals surface area (Å²) in [5.74, 6) is 0.474. The van der Waals surface area contributed by atoms with Gasteiger partial charge < -0.3 is 14.2 Å². The number of hydrogen-bond acceptors (Lipinski definition) is 3. The van der Waals surface area contributed by atoms with Gasteiger partial charge in [-0.3, -0.25) is 4.79 Å². The number of benzene rings is 1. The normalized spacial score (nSPS) is 14.0. The lowest BCUT2D eigenvalue weighted by Crippen LogP contribution is -2.36. The van der Waals surface area contributed by atoms with Gasteiger partial charge in [0.25, 0.3) is 5.91 Å². The average Bonchev–Trinajstić information content (AvgIpc) is 2.87. The van der Waals surface area contributed by atoms with Gasteiger partial charge in [0.05, 0.1) is 36.9 Å². The van der Waals surface area contributed by atoms with E-state index >= 15 is 0 Å². The molecule has 2 aromatic rings. The molecule has 0 bridgehead atoms. The van der Waals surface area contributed by atoms with E-state index < -0.39 is 0 Å². The molecule has 6 heteroatoms. The third-order valence-corrected chi connectivity index (χ3v) is 4.02. The van der Waals surface area contributed by atoms with Crippen LogP contribution in [0, 0.1) is 0 Å². The predicted molar refractivity (Wildman–Crippen MR) is 79.7 cm³/mol. The highest BCUT2D eigenvalue weighted by molar-refractivity contribution is 6.31. The maximum Gasteiger partial charge on any atom is 0.258 e. The summed E-state index contributed by atoms with van der Waals surface area (Å²) in [6.07, 6.45) is 2.56. The highest BCUT2D eigenvalue weighted by Crippen LogP contribution is 2.26. The van der Waals surface area contributed by atoms with Crippen LogP contribution in [0.15, 0.2) is 24.5 Å². The molecule has 1 amide bonds. The van der Waals surface area contributed by atoms with Crippen LogP contribution < -0.4 is 4.74 Å². The molecule has 0 unspecified atom stereocenters. The largest absolute Gasteiger partial charge is 0.496 e. The zero-order valence-electron chi connectivity index (χ0n) is 12.0. The minimum atomic E-state index is -0.0683. The third-order valence-electron chi connectivity index (χ3n) is 3.78. The van der Waals surface area contributed by atoms with Crippen LogP contribution in [-0.2, 0) is 20.0 Å². The summed E-state index contributed by atoms with van der Waals surface area (Å²) in [6, 6.07) is 5.09.